The number of nitrogens with zero attached hydrogens (tertiary/aromatic N) is 1. The van der Waals surface area contributed by atoms with Crippen LogP contribution in [0.4, 0.5) is 5.69 Å². The molecule has 1 unspecified atom stereocenters. The summed E-state index contributed by atoms with van der Waals surface area (Å²) in [5, 5.41) is 8.63. The van der Waals surface area contributed by atoms with Gasteiger partial charge in [-0.25, -0.2) is 4.79 Å². The Balaban J connectivity index is 2.19. The number of nitrogens with two attached hydrogens (primary N) is 1. The molecule has 0 aromatic heterocycles. The lowest BCUT2D eigenvalue weighted by molar-refractivity contribution is -0.131. The molecule has 5 nitrogen and oxygen atoms in total. The standard InChI is InChI=1S/C15H17BrN2O3/c1-15(14(17)21)6-7-18(9-15)12-4-2-10(8-11(12)16)3-5-13(19)20/h2-5,8H,6-7,9H2,1H3,(H2,17,21)(H,19,20)/b5-3+. The van der Waals surface area contributed by atoms with Gasteiger partial charge in [0, 0.05) is 23.6 Å². The monoisotopic (exact) mass is 352 g/mol. The first kappa shape index (κ1) is 15.6. The average Bonchev–Trinajstić information content (AvgIpc) is 2.80. The van der Waals surface area contributed by atoms with Gasteiger partial charge in [-0.15, -0.1) is 0 Å². The van der Waals surface area contributed by atoms with Crippen LogP contribution < -0.4 is 10.6 Å². The number of carboxylic acids is 1. The number of primary amides is 1. The number of carbonyl (C=O) groups excluding carboxylic acids is 1. The maximum Gasteiger partial charge on any atom is 0.328 e. The molecule has 3 N–H and O–H groups in total. The molecule has 0 radical (unpaired) electrons. The molecular formula is C15H17BrN2O3. The molecule has 0 saturated carbocycles. The number of carboxylic acid groups (broad SMARTS) is 1. The van der Waals surface area contributed by atoms with Crippen LogP contribution in [0.5, 0.6) is 0 Å². The Morgan fingerprint density at radius 2 is 2.19 bits per heavy atom. The molecule has 1 heterocycles. The van der Waals surface area contributed by atoms with Crippen LogP contribution in [0, 0.1) is 5.41 Å². The van der Waals surface area contributed by atoms with Crippen molar-refractivity contribution in [2.45, 2.75) is 13.3 Å². The number of hydrogen-bond donors (Lipinski definition) is 2. The van der Waals surface area contributed by atoms with Crippen molar-refractivity contribution in [1.29, 1.82) is 0 Å². The molecule has 1 amide bonds. The number of amides is 1. The van der Waals surface area contributed by atoms with E-state index >= 15 is 0 Å². The first-order chi connectivity index (χ1) is 9.82. The van der Waals surface area contributed by atoms with E-state index in [1.807, 2.05) is 25.1 Å². The minimum absolute atomic E-state index is 0.276. The molecule has 112 valence electrons. The average molecular weight is 353 g/mol. The van der Waals surface area contributed by atoms with Crippen molar-refractivity contribution in [3.05, 3.63) is 34.3 Å². The van der Waals surface area contributed by atoms with Gasteiger partial charge < -0.3 is 15.7 Å². The Labute approximate surface area is 131 Å². The van der Waals surface area contributed by atoms with Crippen molar-refractivity contribution in [1.82, 2.24) is 0 Å². The summed E-state index contributed by atoms with van der Waals surface area (Å²) in [6, 6.07) is 5.62. The number of halogens is 1. The van der Waals surface area contributed by atoms with Crippen LogP contribution >= 0.6 is 15.9 Å². The van der Waals surface area contributed by atoms with Crippen LogP contribution in [0.25, 0.3) is 6.08 Å². The summed E-state index contributed by atoms with van der Waals surface area (Å²) >= 11 is 3.50. The quantitative estimate of drug-likeness (QED) is 0.814. The smallest absolute Gasteiger partial charge is 0.328 e. The highest BCUT2D eigenvalue weighted by atomic mass is 79.9. The molecule has 1 saturated heterocycles. The third kappa shape index (κ3) is 3.44. The molecule has 1 aromatic rings. The van der Waals surface area contributed by atoms with Crippen molar-refractivity contribution in [2.24, 2.45) is 11.1 Å². The molecule has 6 heteroatoms. The van der Waals surface area contributed by atoms with E-state index < -0.39 is 11.4 Å². The van der Waals surface area contributed by atoms with Crippen LogP contribution in [-0.2, 0) is 9.59 Å². The summed E-state index contributed by atoms with van der Waals surface area (Å²) in [7, 11) is 0. The molecule has 1 aliphatic rings. The molecule has 0 aliphatic carbocycles. The van der Waals surface area contributed by atoms with E-state index in [4.69, 9.17) is 10.8 Å². The zero-order chi connectivity index (χ0) is 15.6. The van der Waals surface area contributed by atoms with Crippen molar-refractivity contribution in [3.8, 4) is 0 Å². The third-order valence-corrected chi connectivity index (χ3v) is 4.43. The number of aliphatic carboxylic acids is 1. The summed E-state index contributed by atoms with van der Waals surface area (Å²) in [5.74, 6) is -1.26. The summed E-state index contributed by atoms with van der Waals surface area (Å²) in [5.41, 5.74) is 6.74. The summed E-state index contributed by atoms with van der Waals surface area (Å²) in [6.07, 6.45) is 3.37. The number of rotatable bonds is 4. The van der Waals surface area contributed by atoms with Crippen molar-refractivity contribution < 1.29 is 14.7 Å². The van der Waals surface area contributed by atoms with Crippen molar-refractivity contribution in [2.75, 3.05) is 18.0 Å². The second-order valence-corrected chi connectivity index (χ2v) is 6.33. The molecule has 0 bridgehead atoms. The number of hydrogen-bond acceptors (Lipinski definition) is 3. The lowest BCUT2D eigenvalue weighted by atomic mass is 9.89. The molecule has 2 rings (SSSR count). The summed E-state index contributed by atoms with van der Waals surface area (Å²) in [6.45, 7) is 3.24. The first-order valence-electron chi connectivity index (χ1n) is 6.57. The van der Waals surface area contributed by atoms with Crippen LogP contribution in [0.2, 0.25) is 0 Å². The fourth-order valence-electron chi connectivity index (χ4n) is 2.42. The van der Waals surface area contributed by atoms with E-state index in [-0.39, 0.29) is 5.91 Å². The van der Waals surface area contributed by atoms with E-state index in [0.29, 0.717) is 6.54 Å². The van der Waals surface area contributed by atoms with Gasteiger partial charge in [-0.3, -0.25) is 4.79 Å². The third-order valence-electron chi connectivity index (χ3n) is 3.80. The molecule has 1 aliphatic heterocycles. The van der Waals surface area contributed by atoms with Gasteiger partial charge in [-0.05, 0) is 53.0 Å². The van der Waals surface area contributed by atoms with Gasteiger partial charge in [0.1, 0.15) is 0 Å². The van der Waals surface area contributed by atoms with Crippen molar-refractivity contribution >= 4 is 39.6 Å². The fourth-order valence-corrected chi connectivity index (χ4v) is 3.07. The highest BCUT2D eigenvalue weighted by Gasteiger charge is 2.39. The minimum Gasteiger partial charge on any atom is -0.478 e. The van der Waals surface area contributed by atoms with E-state index in [9.17, 15) is 9.59 Å². The van der Waals surface area contributed by atoms with Crippen LogP contribution in [0.3, 0.4) is 0 Å². The summed E-state index contributed by atoms with van der Waals surface area (Å²) in [4.78, 5) is 24.1. The maximum atomic E-state index is 11.5. The lowest BCUT2D eigenvalue weighted by Crippen LogP contribution is -2.37. The maximum absolute atomic E-state index is 11.5. The number of carbonyl (C=O) groups is 2. The van der Waals surface area contributed by atoms with Gasteiger partial charge in [0.2, 0.25) is 5.91 Å². The molecule has 1 atom stereocenters. The molecule has 0 spiro atoms. The van der Waals surface area contributed by atoms with Gasteiger partial charge in [-0.1, -0.05) is 6.07 Å². The Hall–Kier alpha value is -1.82. The van der Waals surface area contributed by atoms with Gasteiger partial charge in [-0.2, -0.15) is 0 Å². The summed E-state index contributed by atoms with van der Waals surface area (Å²) < 4.78 is 0.865. The van der Waals surface area contributed by atoms with Gasteiger partial charge in [0.25, 0.3) is 0 Å². The predicted octanol–water partition coefficient (Wildman–Crippen LogP) is 2.25. The number of benzene rings is 1. The predicted molar refractivity (Wildman–Crippen MR) is 84.9 cm³/mol. The zero-order valence-corrected chi connectivity index (χ0v) is 13.3. The van der Waals surface area contributed by atoms with Crippen LogP contribution in [-0.4, -0.2) is 30.1 Å². The molecule has 1 aromatic carbocycles. The second kappa shape index (κ2) is 5.89. The van der Waals surface area contributed by atoms with Crippen LogP contribution in [0.15, 0.2) is 28.7 Å². The van der Waals surface area contributed by atoms with E-state index in [1.165, 1.54) is 6.08 Å². The van der Waals surface area contributed by atoms with Gasteiger partial charge in [0.05, 0.1) is 11.1 Å². The van der Waals surface area contributed by atoms with E-state index in [1.54, 1.807) is 0 Å². The Kier molecular flexibility index (Phi) is 4.37. The first-order valence-corrected chi connectivity index (χ1v) is 7.36. The highest BCUT2D eigenvalue weighted by Crippen LogP contribution is 2.36. The molecule has 1 fully saturated rings. The van der Waals surface area contributed by atoms with Crippen LogP contribution in [0.1, 0.15) is 18.9 Å². The highest BCUT2D eigenvalue weighted by molar-refractivity contribution is 9.10. The zero-order valence-electron chi connectivity index (χ0n) is 11.7. The molecule has 21 heavy (non-hydrogen) atoms. The SMILES string of the molecule is CC1(C(N)=O)CCN(c2ccc(/C=C/C(=O)O)cc2Br)C1. The fraction of sp³-hybridized carbons (Fsp3) is 0.333. The second-order valence-electron chi connectivity index (χ2n) is 5.48. The number of anilines is 1. The van der Waals surface area contributed by atoms with Gasteiger partial charge >= 0.3 is 5.97 Å². The van der Waals surface area contributed by atoms with Gasteiger partial charge in [0.15, 0.2) is 0 Å². The Bertz CT molecular complexity index is 615. The van der Waals surface area contributed by atoms with Crippen molar-refractivity contribution in [3.63, 3.8) is 0 Å². The Morgan fingerprint density at radius 3 is 2.71 bits per heavy atom. The lowest BCUT2D eigenvalue weighted by Gasteiger charge is -2.23. The molecular weight excluding hydrogens is 336 g/mol. The van der Waals surface area contributed by atoms with E-state index in [2.05, 4.69) is 20.8 Å². The topological polar surface area (TPSA) is 83.6 Å². The minimum atomic E-state index is -0.980. The largest absolute Gasteiger partial charge is 0.478 e. The van der Waals surface area contributed by atoms with E-state index in [0.717, 1.165) is 34.8 Å². The normalized spacial score (nSPS) is 21.9. The Morgan fingerprint density at radius 1 is 1.48 bits per heavy atom.